The number of hydrogen-bond donors (Lipinski definition) is 1. The predicted octanol–water partition coefficient (Wildman–Crippen LogP) is 3.27. The van der Waals surface area contributed by atoms with E-state index >= 15 is 0 Å². The maximum Gasteiger partial charge on any atom is 0.409 e. The van der Waals surface area contributed by atoms with Gasteiger partial charge >= 0.3 is 6.09 Å². The molecule has 7 nitrogen and oxygen atoms in total. The molecule has 3 rings (SSSR count). The van der Waals surface area contributed by atoms with Crippen molar-refractivity contribution in [3.8, 4) is 0 Å². The highest BCUT2D eigenvalue weighted by atomic mass is 35.5. The Kier molecular flexibility index (Phi) is 6.13. The number of halogens is 1. The Hall–Kier alpha value is -2.80. The number of carbonyl (C=O) groups excluding carboxylic acids is 2. The molecular weight excluding hydrogens is 368 g/mol. The van der Waals surface area contributed by atoms with E-state index in [1.165, 1.54) is 0 Å². The summed E-state index contributed by atoms with van der Waals surface area (Å²) in [4.78, 5) is 32.2. The molecule has 2 aromatic rings. The SMILES string of the molecule is CCOC(=O)N1CCN(c2ccc(C(=O)Nc3ccc(Cl)cc3)cn2)CC1. The molecule has 2 amide bonds. The number of nitrogens with zero attached hydrogens (tertiary/aromatic N) is 3. The van der Waals surface area contributed by atoms with Gasteiger partial charge in [-0.25, -0.2) is 9.78 Å². The summed E-state index contributed by atoms with van der Waals surface area (Å²) in [5.74, 6) is 0.546. The van der Waals surface area contributed by atoms with Gasteiger partial charge in [-0.05, 0) is 43.3 Å². The van der Waals surface area contributed by atoms with Crippen LogP contribution in [-0.4, -0.2) is 54.7 Å². The fraction of sp³-hybridized carbons (Fsp3) is 0.316. The zero-order chi connectivity index (χ0) is 19.2. The molecule has 0 unspecified atom stereocenters. The first kappa shape index (κ1) is 19.0. The second-order valence-corrected chi connectivity index (χ2v) is 6.48. The average molecular weight is 389 g/mol. The molecule has 0 saturated carbocycles. The zero-order valence-corrected chi connectivity index (χ0v) is 15.8. The largest absolute Gasteiger partial charge is 0.450 e. The number of aromatic nitrogens is 1. The maximum absolute atomic E-state index is 12.3. The summed E-state index contributed by atoms with van der Waals surface area (Å²) in [5, 5.41) is 3.42. The molecule has 1 aromatic carbocycles. The molecule has 1 saturated heterocycles. The van der Waals surface area contributed by atoms with E-state index in [1.54, 1.807) is 48.4 Å². The lowest BCUT2D eigenvalue weighted by Gasteiger charge is -2.34. The third-order valence-electron chi connectivity index (χ3n) is 4.24. The van der Waals surface area contributed by atoms with E-state index in [0.717, 1.165) is 5.82 Å². The minimum atomic E-state index is -0.278. The van der Waals surface area contributed by atoms with Crippen LogP contribution >= 0.6 is 11.6 Å². The van der Waals surface area contributed by atoms with Gasteiger partial charge in [-0.2, -0.15) is 0 Å². The van der Waals surface area contributed by atoms with Crippen molar-refractivity contribution in [1.29, 1.82) is 0 Å². The normalized spacial score (nSPS) is 14.0. The fourth-order valence-corrected chi connectivity index (χ4v) is 2.90. The van der Waals surface area contributed by atoms with Crippen molar-refractivity contribution >= 4 is 35.1 Å². The zero-order valence-electron chi connectivity index (χ0n) is 15.0. The van der Waals surface area contributed by atoms with E-state index in [2.05, 4.69) is 15.2 Å². The number of nitrogens with one attached hydrogen (secondary N) is 1. The highest BCUT2D eigenvalue weighted by Crippen LogP contribution is 2.17. The first-order valence-corrected chi connectivity index (χ1v) is 9.14. The molecule has 142 valence electrons. The van der Waals surface area contributed by atoms with Crippen LogP contribution in [0.4, 0.5) is 16.3 Å². The molecule has 0 spiro atoms. The van der Waals surface area contributed by atoms with Crippen molar-refractivity contribution in [2.45, 2.75) is 6.92 Å². The lowest BCUT2D eigenvalue weighted by molar-refractivity contribution is 0.102. The van der Waals surface area contributed by atoms with E-state index in [1.807, 2.05) is 6.07 Å². The average Bonchev–Trinajstić information content (AvgIpc) is 2.70. The van der Waals surface area contributed by atoms with Crippen LogP contribution in [0.5, 0.6) is 0 Å². The third-order valence-corrected chi connectivity index (χ3v) is 4.49. The van der Waals surface area contributed by atoms with Gasteiger partial charge in [0.05, 0.1) is 12.2 Å². The van der Waals surface area contributed by atoms with Gasteiger partial charge in [-0.1, -0.05) is 11.6 Å². The Morgan fingerprint density at radius 3 is 2.41 bits per heavy atom. The van der Waals surface area contributed by atoms with Crippen molar-refractivity contribution in [2.24, 2.45) is 0 Å². The molecule has 1 aromatic heterocycles. The van der Waals surface area contributed by atoms with Gasteiger partial charge in [0.15, 0.2) is 0 Å². The van der Waals surface area contributed by atoms with Crippen LogP contribution in [0.3, 0.4) is 0 Å². The molecule has 0 aliphatic carbocycles. The molecule has 1 aliphatic rings. The minimum absolute atomic E-state index is 0.233. The number of carbonyl (C=O) groups is 2. The van der Waals surface area contributed by atoms with Gasteiger partial charge in [0.2, 0.25) is 0 Å². The van der Waals surface area contributed by atoms with Crippen LogP contribution in [0.25, 0.3) is 0 Å². The van der Waals surface area contributed by atoms with Crippen LogP contribution in [0.1, 0.15) is 17.3 Å². The molecule has 1 fully saturated rings. The van der Waals surface area contributed by atoms with Gasteiger partial charge in [0.25, 0.3) is 5.91 Å². The number of rotatable bonds is 4. The number of pyridine rings is 1. The highest BCUT2D eigenvalue weighted by molar-refractivity contribution is 6.30. The second-order valence-electron chi connectivity index (χ2n) is 6.04. The van der Waals surface area contributed by atoms with Crippen molar-refractivity contribution < 1.29 is 14.3 Å². The highest BCUT2D eigenvalue weighted by Gasteiger charge is 2.22. The van der Waals surface area contributed by atoms with Gasteiger partial charge in [-0.3, -0.25) is 4.79 Å². The van der Waals surface area contributed by atoms with Crippen LogP contribution in [0, 0.1) is 0 Å². The Labute approximate surface area is 162 Å². The van der Waals surface area contributed by atoms with Crippen molar-refractivity contribution in [3.05, 3.63) is 53.2 Å². The lowest BCUT2D eigenvalue weighted by Crippen LogP contribution is -2.49. The molecule has 0 bridgehead atoms. The molecule has 2 heterocycles. The number of ether oxygens (including phenoxy) is 1. The molecule has 27 heavy (non-hydrogen) atoms. The van der Waals surface area contributed by atoms with Gasteiger partial charge < -0.3 is 19.9 Å². The smallest absolute Gasteiger partial charge is 0.409 e. The summed E-state index contributed by atoms with van der Waals surface area (Å²) in [6.45, 7) is 4.67. The molecule has 0 atom stereocenters. The van der Waals surface area contributed by atoms with Crippen molar-refractivity contribution in [3.63, 3.8) is 0 Å². The summed E-state index contributed by atoms with van der Waals surface area (Å²) < 4.78 is 5.02. The number of piperazine rings is 1. The fourth-order valence-electron chi connectivity index (χ4n) is 2.78. The summed E-state index contributed by atoms with van der Waals surface area (Å²) in [5.41, 5.74) is 1.14. The van der Waals surface area contributed by atoms with Crippen LogP contribution < -0.4 is 10.2 Å². The second kappa shape index (κ2) is 8.73. The maximum atomic E-state index is 12.3. The molecule has 1 N–H and O–H groups in total. The van der Waals surface area contributed by atoms with Gasteiger partial charge in [-0.15, -0.1) is 0 Å². The molecule has 0 radical (unpaired) electrons. The summed E-state index contributed by atoms with van der Waals surface area (Å²) in [6.07, 6.45) is 1.28. The van der Waals surface area contributed by atoms with E-state index in [4.69, 9.17) is 16.3 Å². The topological polar surface area (TPSA) is 74.8 Å². The van der Waals surface area contributed by atoms with E-state index in [-0.39, 0.29) is 12.0 Å². The van der Waals surface area contributed by atoms with E-state index in [0.29, 0.717) is 49.1 Å². The number of benzene rings is 1. The summed E-state index contributed by atoms with van der Waals surface area (Å²) in [6, 6.07) is 10.5. The van der Waals surface area contributed by atoms with Crippen LogP contribution in [0.2, 0.25) is 5.02 Å². The quantitative estimate of drug-likeness (QED) is 0.870. The first-order valence-electron chi connectivity index (χ1n) is 8.76. The Balaban J connectivity index is 1.56. The number of amides is 2. The summed E-state index contributed by atoms with van der Waals surface area (Å²) in [7, 11) is 0. The number of anilines is 2. The summed E-state index contributed by atoms with van der Waals surface area (Å²) >= 11 is 5.84. The van der Waals surface area contributed by atoms with Crippen molar-refractivity contribution in [1.82, 2.24) is 9.88 Å². The predicted molar refractivity (Wildman–Crippen MR) is 104 cm³/mol. The Morgan fingerprint density at radius 1 is 1.11 bits per heavy atom. The van der Waals surface area contributed by atoms with Crippen molar-refractivity contribution in [2.75, 3.05) is 43.0 Å². The van der Waals surface area contributed by atoms with Crippen LogP contribution in [0.15, 0.2) is 42.6 Å². The molecule has 1 aliphatic heterocycles. The van der Waals surface area contributed by atoms with Crippen LogP contribution in [-0.2, 0) is 4.74 Å². The van der Waals surface area contributed by atoms with E-state index < -0.39 is 0 Å². The monoisotopic (exact) mass is 388 g/mol. The Morgan fingerprint density at radius 2 is 1.81 bits per heavy atom. The number of hydrogen-bond acceptors (Lipinski definition) is 5. The lowest BCUT2D eigenvalue weighted by atomic mass is 10.2. The van der Waals surface area contributed by atoms with Gasteiger partial charge in [0.1, 0.15) is 5.82 Å². The molecular formula is C19H21ClN4O3. The van der Waals surface area contributed by atoms with E-state index in [9.17, 15) is 9.59 Å². The Bertz CT molecular complexity index is 788. The first-order chi connectivity index (χ1) is 13.1. The molecule has 8 heteroatoms. The minimum Gasteiger partial charge on any atom is -0.450 e. The third kappa shape index (κ3) is 4.89. The standard InChI is InChI=1S/C19H21ClN4O3/c1-2-27-19(26)24-11-9-23(10-12-24)17-8-3-14(13-21-17)18(25)22-16-6-4-15(20)5-7-16/h3-8,13H,2,9-12H2,1H3,(H,22,25). The van der Waals surface area contributed by atoms with Gasteiger partial charge in [0, 0.05) is 43.1 Å².